The summed E-state index contributed by atoms with van der Waals surface area (Å²) in [5.74, 6) is 1.22. The minimum absolute atomic E-state index is 0.0117. The Labute approximate surface area is 177 Å². The molecule has 4 aromatic rings. The second-order valence-electron chi connectivity index (χ2n) is 6.94. The van der Waals surface area contributed by atoms with Crippen molar-refractivity contribution in [2.45, 2.75) is 6.42 Å². The summed E-state index contributed by atoms with van der Waals surface area (Å²) in [5.41, 5.74) is 8.78. The van der Waals surface area contributed by atoms with Gasteiger partial charge in [0.15, 0.2) is 0 Å². The first-order valence-electron chi connectivity index (χ1n) is 9.74. The standard InChI is InChI=1S/C21H23FN6O3/c1-29-4-5-30-6-7-31-17-10-13(22)9-16-20(17)28-19(27-16)11-18-25-14-3-2-12(21(23)24)8-15(14)26-18/h2-3,8-10H,4-7,11H2,1H3,(H3,23,24)(H,25,26)(H,27,28). The first-order chi connectivity index (χ1) is 15.0. The fourth-order valence-corrected chi connectivity index (χ4v) is 3.22. The zero-order valence-electron chi connectivity index (χ0n) is 17.0. The quantitative estimate of drug-likeness (QED) is 0.175. The molecule has 31 heavy (non-hydrogen) atoms. The maximum atomic E-state index is 14.0. The van der Waals surface area contributed by atoms with Crippen LogP contribution in [-0.4, -0.2) is 59.3 Å². The van der Waals surface area contributed by atoms with E-state index >= 15 is 0 Å². The van der Waals surface area contributed by atoms with Crippen LogP contribution in [0.15, 0.2) is 30.3 Å². The Bertz CT molecular complexity index is 1220. The van der Waals surface area contributed by atoms with Gasteiger partial charge in [-0.2, -0.15) is 0 Å². The van der Waals surface area contributed by atoms with E-state index in [4.69, 9.17) is 25.4 Å². The number of nitrogen functional groups attached to an aromatic ring is 1. The number of H-pyrrole nitrogens is 2. The molecule has 0 saturated carbocycles. The van der Waals surface area contributed by atoms with E-state index in [0.29, 0.717) is 65.8 Å². The number of benzene rings is 2. The molecule has 2 heterocycles. The van der Waals surface area contributed by atoms with Crippen molar-refractivity contribution < 1.29 is 18.6 Å². The topological polar surface area (TPSA) is 135 Å². The number of aromatic nitrogens is 4. The summed E-state index contributed by atoms with van der Waals surface area (Å²) >= 11 is 0. The molecule has 9 nitrogen and oxygen atoms in total. The van der Waals surface area contributed by atoms with Gasteiger partial charge in [-0.3, -0.25) is 5.41 Å². The minimum Gasteiger partial charge on any atom is -0.489 e. The van der Waals surface area contributed by atoms with Crippen LogP contribution in [-0.2, 0) is 15.9 Å². The number of fused-ring (bicyclic) bond motifs is 2. The van der Waals surface area contributed by atoms with E-state index in [1.807, 2.05) is 6.07 Å². The van der Waals surface area contributed by atoms with Gasteiger partial charge in [-0.25, -0.2) is 14.4 Å². The van der Waals surface area contributed by atoms with Crippen LogP contribution in [0.1, 0.15) is 17.2 Å². The number of aromatic amines is 2. The fraction of sp³-hybridized carbons (Fsp3) is 0.286. The van der Waals surface area contributed by atoms with Gasteiger partial charge < -0.3 is 29.9 Å². The van der Waals surface area contributed by atoms with Gasteiger partial charge in [0.2, 0.25) is 0 Å². The lowest BCUT2D eigenvalue weighted by Crippen LogP contribution is -2.10. The Morgan fingerprint density at radius 3 is 2.61 bits per heavy atom. The summed E-state index contributed by atoms with van der Waals surface area (Å²) < 4.78 is 30.0. The Balaban J connectivity index is 1.51. The van der Waals surface area contributed by atoms with Crippen molar-refractivity contribution in [1.29, 1.82) is 5.41 Å². The second-order valence-corrected chi connectivity index (χ2v) is 6.94. The van der Waals surface area contributed by atoms with Crippen molar-refractivity contribution in [3.63, 3.8) is 0 Å². The molecule has 0 fully saturated rings. The van der Waals surface area contributed by atoms with Crippen LogP contribution >= 0.6 is 0 Å². The van der Waals surface area contributed by atoms with E-state index in [2.05, 4.69) is 19.9 Å². The number of imidazole rings is 2. The van der Waals surface area contributed by atoms with Crippen molar-refractivity contribution in [3.8, 4) is 5.75 Å². The molecule has 0 radical (unpaired) electrons. The number of amidine groups is 1. The molecular weight excluding hydrogens is 403 g/mol. The van der Waals surface area contributed by atoms with Crippen LogP contribution in [0.25, 0.3) is 22.1 Å². The maximum absolute atomic E-state index is 14.0. The van der Waals surface area contributed by atoms with E-state index in [9.17, 15) is 4.39 Å². The zero-order chi connectivity index (χ0) is 21.8. The zero-order valence-corrected chi connectivity index (χ0v) is 17.0. The molecule has 10 heteroatoms. The SMILES string of the molecule is COCCOCCOc1cc(F)cc2[nH]c(Cc3nc4cc(C(=N)N)ccc4[nH]3)nc12. The third-order valence-corrected chi connectivity index (χ3v) is 4.66. The van der Waals surface area contributed by atoms with Crippen LogP contribution in [0.3, 0.4) is 0 Å². The predicted molar refractivity (Wildman–Crippen MR) is 114 cm³/mol. The third kappa shape index (κ3) is 4.81. The molecule has 4 rings (SSSR count). The Morgan fingerprint density at radius 2 is 1.81 bits per heavy atom. The van der Waals surface area contributed by atoms with Gasteiger partial charge in [0.05, 0.1) is 42.8 Å². The van der Waals surface area contributed by atoms with Crippen LogP contribution in [0.4, 0.5) is 4.39 Å². The molecular formula is C21H23FN6O3. The highest BCUT2D eigenvalue weighted by Gasteiger charge is 2.13. The van der Waals surface area contributed by atoms with Gasteiger partial charge in [0.1, 0.15) is 41.2 Å². The average Bonchev–Trinajstić information content (AvgIpc) is 3.32. The monoisotopic (exact) mass is 426 g/mol. The molecule has 0 aliphatic rings. The lowest BCUT2D eigenvalue weighted by atomic mass is 10.2. The highest BCUT2D eigenvalue weighted by molar-refractivity contribution is 5.97. The maximum Gasteiger partial charge on any atom is 0.150 e. The van der Waals surface area contributed by atoms with Gasteiger partial charge in [-0.15, -0.1) is 0 Å². The summed E-state index contributed by atoms with van der Waals surface area (Å²) in [5, 5.41) is 7.56. The number of hydrogen-bond donors (Lipinski definition) is 4. The molecule has 0 aliphatic heterocycles. The third-order valence-electron chi connectivity index (χ3n) is 4.66. The number of halogens is 1. The molecule has 0 amide bonds. The summed E-state index contributed by atoms with van der Waals surface area (Å²) in [7, 11) is 1.60. The van der Waals surface area contributed by atoms with E-state index in [-0.39, 0.29) is 12.4 Å². The number of hydrogen-bond acceptors (Lipinski definition) is 6. The van der Waals surface area contributed by atoms with Crippen LogP contribution < -0.4 is 10.5 Å². The van der Waals surface area contributed by atoms with E-state index < -0.39 is 5.82 Å². The number of rotatable bonds is 10. The van der Waals surface area contributed by atoms with Gasteiger partial charge >= 0.3 is 0 Å². The number of nitrogens with two attached hydrogens (primary N) is 1. The van der Waals surface area contributed by atoms with Gasteiger partial charge in [0.25, 0.3) is 0 Å². The molecule has 0 bridgehead atoms. The molecule has 2 aromatic heterocycles. The molecule has 162 valence electrons. The Hall–Kier alpha value is -3.50. The molecule has 0 aliphatic carbocycles. The van der Waals surface area contributed by atoms with E-state index in [0.717, 1.165) is 5.52 Å². The lowest BCUT2D eigenvalue weighted by molar-refractivity contribution is 0.0546. The molecule has 2 aromatic carbocycles. The highest BCUT2D eigenvalue weighted by Crippen LogP contribution is 2.26. The van der Waals surface area contributed by atoms with Crippen molar-refractivity contribution in [2.24, 2.45) is 5.73 Å². The number of nitrogens with one attached hydrogen (secondary N) is 3. The van der Waals surface area contributed by atoms with E-state index in [1.165, 1.54) is 12.1 Å². The molecule has 0 atom stereocenters. The van der Waals surface area contributed by atoms with Crippen LogP contribution in [0.5, 0.6) is 5.75 Å². The van der Waals surface area contributed by atoms with Crippen molar-refractivity contribution in [1.82, 2.24) is 19.9 Å². The first kappa shape index (κ1) is 20.8. The fourth-order valence-electron chi connectivity index (χ4n) is 3.22. The Kier molecular flexibility index (Phi) is 6.10. The number of methoxy groups -OCH3 is 1. The van der Waals surface area contributed by atoms with Crippen molar-refractivity contribution in [3.05, 3.63) is 53.4 Å². The smallest absolute Gasteiger partial charge is 0.150 e. The van der Waals surface area contributed by atoms with Crippen LogP contribution in [0.2, 0.25) is 0 Å². The number of nitrogens with zero attached hydrogens (tertiary/aromatic N) is 2. The van der Waals surface area contributed by atoms with Crippen LogP contribution in [0, 0.1) is 11.2 Å². The minimum atomic E-state index is -0.418. The molecule has 5 N–H and O–H groups in total. The summed E-state index contributed by atoms with van der Waals surface area (Å²) in [6.07, 6.45) is 0.389. The molecule has 0 saturated heterocycles. The van der Waals surface area contributed by atoms with Crippen molar-refractivity contribution in [2.75, 3.05) is 33.5 Å². The summed E-state index contributed by atoms with van der Waals surface area (Å²) in [6.45, 7) is 1.60. The molecule has 0 spiro atoms. The predicted octanol–water partition coefficient (Wildman–Crippen LogP) is 2.49. The van der Waals surface area contributed by atoms with Crippen molar-refractivity contribution >= 4 is 27.9 Å². The summed E-state index contributed by atoms with van der Waals surface area (Å²) in [4.78, 5) is 15.5. The van der Waals surface area contributed by atoms with E-state index in [1.54, 1.807) is 19.2 Å². The summed E-state index contributed by atoms with van der Waals surface area (Å²) in [6, 6.07) is 8.04. The number of ether oxygens (including phenoxy) is 3. The highest BCUT2D eigenvalue weighted by atomic mass is 19.1. The second kappa shape index (κ2) is 9.11. The van der Waals surface area contributed by atoms with Gasteiger partial charge in [-0.05, 0) is 24.3 Å². The lowest BCUT2D eigenvalue weighted by Gasteiger charge is -2.07. The molecule has 0 unspecified atom stereocenters. The Morgan fingerprint density at radius 1 is 1.03 bits per heavy atom. The average molecular weight is 426 g/mol. The first-order valence-corrected chi connectivity index (χ1v) is 9.74. The van der Waals surface area contributed by atoms with Gasteiger partial charge in [-0.1, -0.05) is 0 Å². The largest absolute Gasteiger partial charge is 0.489 e. The van der Waals surface area contributed by atoms with Gasteiger partial charge in [0, 0.05) is 18.7 Å². The normalized spacial score (nSPS) is 11.4.